The summed E-state index contributed by atoms with van der Waals surface area (Å²) in [6, 6.07) is 5.64. The van der Waals surface area contributed by atoms with Crippen LogP contribution in [0.2, 0.25) is 0 Å². The summed E-state index contributed by atoms with van der Waals surface area (Å²) < 4.78 is 16.1. The van der Waals surface area contributed by atoms with Crippen LogP contribution in [0, 0.1) is 0 Å². The SMILES string of the molecule is O=c1[nH]c2cc3c(cc2cc1CNCCN1CCOCC1)OCO3. The van der Waals surface area contributed by atoms with Crippen LogP contribution in [0.3, 0.4) is 0 Å². The molecule has 0 unspecified atom stereocenters. The fraction of sp³-hybridized carbons (Fsp3) is 0.471. The van der Waals surface area contributed by atoms with Crippen LogP contribution >= 0.6 is 0 Å². The van der Waals surface area contributed by atoms with Gasteiger partial charge in [-0.05, 0) is 12.1 Å². The summed E-state index contributed by atoms with van der Waals surface area (Å²) in [7, 11) is 0. The van der Waals surface area contributed by atoms with Crippen molar-refractivity contribution in [3.05, 3.63) is 34.1 Å². The van der Waals surface area contributed by atoms with Crippen LogP contribution in [0.15, 0.2) is 23.0 Å². The monoisotopic (exact) mass is 331 g/mol. The first-order valence-electron chi connectivity index (χ1n) is 8.26. The van der Waals surface area contributed by atoms with Crippen molar-refractivity contribution in [2.75, 3.05) is 46.2 Å². The van der Waals surface area contributed by atoms with Gasteiger partial charge in [-0.3, -0.25) is 9.69 Å². The van der Waals surface area contributed by atoms with E-state index in [0.717, 1.165) is 61.6 Å². The second-order valence-electron chi connectivity index (χ2n) is 6.05. The molecule has 2 N–H and O–H groups in total. The van der Waals surface area contributed by atoms with Crippen molar-refractivity contribution in [1.29, 1.82) is 0 Å². The lowest BCUT2D eigenvalue weighted by Gasteiger charge is -2.26. The number of H-pyrrole nitrogens is 1. The Labute approximate surface area is 139 Å². The molecule has 1 aromatic carbocycles. The number of rotatable bonds is 5. The summed E-state index contributed by atoms with van der Waals surface area (Å²) in [4.78, 5) is 17.5. The van der Waals surface area contributed by atoms with E-state index in [1.165, 1.54) is 0 Å². The summed E-state index contributed by atoms with van der Waals surface area (Å²) in [5.74, 6) is 1.40. The first-order chi connectivity index (χ1) is 11.8. The predicted octanol–water partition coefficient (Wildman–Crippen LogP) is 0.679. The van der Waals surface area contributed by atoms with Gasteiger partial charge in [-0.15, -0.1) is 0 Å². The van der Waals surface area contributed by atoms with E-state index < -0.39 is 0 Å². The molecule has 0 atom stereocenters. The molecule has 1 aromatic heterocycles. The third-order valence-corrected chi connectivity index (χ3v) is 4.44. The number of nitrogens with zero attached hydrogens (tertiary/aromatic N) is 1. The maximum atomic E-state index is 12.2. The molecule has 0 amide bonds. The van der Waals surface area contributed by atoms with Crippen molar-refractivity contribution in [3.63, 3.8) is 0 Å². The lowest BCUT2D eigenvalue weighted by atomic mass is 10.1. The average molecular weight is 331 g/mol. The van der Waals surface area contributed by atoms with E-state index in [4.69, 9.17) is 14.2 Å². The summed E-state index contributed by atoms with van der Waals surface area (Å²) in [5, 5.41) is 4.30. The first-order valence-corrected chi connectivity index (χ1v) is 8.26. The van der Waals surface area contributed by atoms with Crippen molar-refractivity contribution in [3.8, 4) is 11.5 Å². The van der Waals surface area contributed by atoms with Gasteiger partial charge in [0.1, 0.15) is 0 Å². The number of aromatic amines is 1. The minimum absolute atomic E-state index is 0.0692. The van der Waals surface area contributed by atoms with Gasteiger partial charge in [-0.2, -0.15) is 0 Å². The van der Waals surface area contributed by atoms with Crippen molar-refractivity contribution < 1.29 is 14.2 Å². The van der Waals surface area contributed by atoms with E-state index in [0.29, 0.717) is 12.3 Å². The van der Waals surface area contributed by atoms with Crippen molar-refractivity contribution in [2.24, 2.45) is 0 Å². The van der Waals surface area contributed by atoms with Gasteiger partial charge in [0, 0.05) is 49.7 Å². The van der Waals surface area contributed by atoms with Gasteiger partial charge in [0.2, 0.25) is 6.79 Å². The Bertz CT molecular complexity index is 783. The van der Waals surface area contributed by atoms with Crippen LogP contribution in [-0.2, 0) is 11.3 Å². The molecule has 1 saturated heterocycles. The quantitative estimate of drug-likeness (QED) is 0.785. The minimum atomic E-state index is -0.0692. The van der Waals surface area contributed by atoms with Gasteiger partial charge in [-0.25, -0.2) is 0 Å². The highest BCUT2D eigenvalue weighted by Crippen LogP contribution is 2.35. The van der Waals surface area contributed by atoms with Crippen LogP contribution in [0.1, 0.15) is 5.56 Å². The van der Waals surface area contributed by atoms with Crippen molar-refractivity contribution >= 4 is 10.9 Å². The zero-order chi connectivity index (χ0) is 16.4. The van der Waals surface area contributed by atoms with E-state index in [2.05, 4.69) is 15.2 Å². The van der Waals surface area contributed by atoms with E-state index in [9.17, 15) is 4.79 Å². The number of pyridine rings is 1. The normalized spacial score (nSPS) is 17.5. The Morgan fingerprint density at radius 3 is 2.75 bits per heavy atom. The number of ether oxygens (including phenoxy) is 3. The zero-order valence-corrected chi connectivity index (χ0v) is 13.5. The minimum Gasteiger partial charge on any atom is -0.454 e. The second-order valence-corrected chi connectivity index (χ2v) is 6.05. The number of morpholine rings is 1. The maximum absolute atomic E-state index is 12.2. The fourth-order valence-electron chi connectivity index (χ4n) is 3.06. The largest absolute Gasteiger partial charge is 0.454 e. The van der Waals surface area contributed by atoms with Crippen LogP contribution in [0.5, 0.6) is 11.5 Å². The molecule has 7 nitrogen and oxygen atoms in total. The van der Waals surface area contributed by atoms with Gasteiger partial charge >= 0.3 is 0 Å². The summed E-state index contributed by atoms with van der Waals surface area (Å²) in [5.41, 5.74) is 1.42. The second kappa shape index (κ2) is 6.80. The predicted molar refractivity (Wildman–Crippen MR) is 89.7 cm³/mol. The highest BCUT2D eigenvalue weighted by atomic mass is 16.7. The molecule has 2 aromatic rings. The lowest BCUT2D eigenvalue weighted by Crippen LogP contribution is -2.40. The molecule has 0 saturated carbocycles. The maximum Gasteiger partial charge on any atom is 0.252 e. The molecular weight excluding hydrogens is 310 g/mol. The van der Waals surface area contributed by atoms with Gasteiger partial charge < -0.3 is 24.5 Å². The Hall–Kier alpha value is -2.09. The Morgan fingerprint density at radius 1 is 1.12 bits per heavy atom. The summed E-state index contributed by atoms with van der Waals surface area (Å²) >= 11 is 0. The molecule has 2 aliphatic heterocycles. The number of fused-ring (bicyclic) bond motifs is 2. The Balaban J connectivity index is 1.41. The van der Waals surface area contributed by atoms with E-state index >= 15 is 0 Å². The van der Waals surface area contributed by atoms with E-state index in [-0.39, 0.29) is 12.4 Å². The smallest absolute Gasteiger partial charge is 0.252 e. The van der Waals surface area contributed by atoms with Gasteiger partial charge in [0.15, 0.2) is 11.5 Å². The number of aromatic nitrogens is 1. The Kier molecular flexibility index (Phi) is 4.38. The first kappa shape index (κ1) is 15.4. The van der Waals surface area contributed by atoms with E-state index in [1.54, 1.807) is 0 Å². The molecule has 0 radical (unpaired) electrons. The molecule has 0 aliphatic carbocycles. The lowest BCUT2D eigenvalue weighted by molar-refractivity contribution is 0.0384. The van der Waals surface area contributed by atoms with Crippen molar-refractivity contribution in [2.45, 2.75) is 6.54 Å². The highest BCUT2D eigenvalue weighted by Gasteiger charge is 2.15. The zero-order valence-electron chi connectivity index (χ0n) is 13.5. The molecular formula is C17H21N3O4. The molecule has 3 heterocycles. The molecule has 7 heteroatoms. The summed E-state index contributed by atoms with van der Waals surface area (Å²) in [6.07, 6.45) is 0. The molecule has 4 rings (SSSR count). The van der Waals surface area contributed by atoms with Gasteiger partial charge in [0.05, 0.1) is 18.7 Å². The molecule has 0 bridgehead atoms. The number of nitrogens with one attached hydrogen (secondary N) is 2. The molecule has 128 valence electrons. The Morgan fingerprint density at radius 2 is 1.92 bits per heavy atom. The standard InChI is InChI=1S/C17H21N3O4/c21-17-13(10-18-1-2-20-3-5-22-6-4-20)7-12-8-15-16(24-11-23-15)9-14(12)19-17/h7-9,18H,1-6,10-11H2,(H,19,21). The number of hydrogen-bond acceptors (Lipinski definition) is 6. The van der Waals surface area contributed by atoms with Gasteiger partial charge in [-0.1, -0.05) is 0 Å². The van der Waals surface area contributed by atoms with E-state index in [1.807, 2.05) is 18.2 Å². The van der Waals surface area contributed by atoms with Gasteiger partial charge in [0.25, 0.3) is 5.56 Å². The molecule has 0 spiro atoms. The third kappa shape index (κ3) is 3.24. The topological polar surface area (TPSA) is 75.8 Å². The van der Waals surface area contributed by atoms with Crippen molar-refractivity contribution in [1.82, 2.24) is 15.2 Å². The summed E-state index contributed by atoms with van der Waals surface area (Å²) in [6.45, 7) is 6.15. The molecule has 1 fully saturated rings. The van der Waals surface area contributed by atoms with Crippen LogP contribution < -0.4 is 20.3 Å². The average Bonchev–Trinajstić information content (AvgIpc) is 3.05. The third-order valence-electron chi connectivity index (χ3n) is 4.44. The number of benzene rings is 1. The fourth-order valence-corrected chi connectivity index (χ4v) is 3.06. The molecule has 2 aliphatic rings. The van der Waals surface area contributed by atoms with Crippen LogP contribution in [-0.4, -0.2) is 56.1 Å². The van der Waals surface area contributed by atoms with Crippen LogP contribution in [0.4, 0.5) is 0 Å². The molecule has 24 heavy (non-hydrogen) atoms. The number of hydrogen-bond donors (Lipinski definition) is 2. The highest BCUT2D eigenvalue weighted by molar-refractivity contribution is 5.83. The van der Waals surface area contributed by atoms with Crippen LogP contribution in [0.25, 0.3) is 10.9 Å².